The molecule has 10 heteroatoms. The van der Waals surface area contributed by atoms with Gasteiger partial charge in [0.05, 0.1) is 6.04 Å². The fraction of sp³-hybridized carbons (Fsp3) is 0.393. The van der Waals surface area contributed by atoms with Crippen LogP contribution >= 0.6 is 0 Å². The van der Waals surface area contributed by atoms with Crippen molar-refractivity contribution in [2.24, 2.45) is 17.2 Å². The standard InChI is InChI=1S/C28H37N7O3/c1-17(36)24(27(37)34-16-19-6-5-7-21(14-19)26(32)33)35(22-8-3-2-4-9-22)28(38)23(29)15-18-10-12-20(13-11-18)25(30)31/h5-7,10-14,22-24H,2-4,8-9,15-16,29H2,1H3,(H3,30,31)(H3,32,33)(H,34,37)/t23-,24?/m0/s1. The monoisotopic (exact) mass is 519 g/mol. The molecule has 202 valence electrons. The molecule has 9 N–H and O–H groups in total. The first kappa shape index (κ1) is 28.5. The fourth-order valence-electron chi connectivity index (χ4n) is 4.87. The van der Waals surface area contributed by atoms with Crippen molar-refractivity contribution < 1.29 is 14.4 Å². The number of nitrogens with zero attached hydrogens (tertiary/aromatic N) is 1. The number of benzene rings is 2. The number of nitrogens with two attached hydrogens (primary N) is 3. The van der Waals surface area contributed by atoms with E-state index in [9.17, 15) is 14.4 Å². The number of hydrogen-bond acceptors (Lipinski definition) is 6. The summed E-state index contributed by atoms with van der Waals surface area (Å²) in [6.07, 6.45) is 4.45. The summed E-state index contributed by atoms with van der Waals surface area (Å²) < 4.78 is 0. The number of carbonyl (C=O) groups excluding carboxylic acids is 3. The minimum atomic E-state index is -1.30. The number of nitrogen functional groups attached to an aromatic ring is 2. The van der Waals surface area contributed by atoms with Gasteiger partial charge >= 0.3 is 0 Å². The van der Waals surface area contributed by atoms with E-state index in [-0.39, 0.29) is 30.7 Å². The summed E-state index contributed by atoms with van der Waals surface area (Å²) in [5.74, 6) is -1.58. The van der Waals surface area contributed by atoms with Gasteiger partial charge in [0.25, 0.3) is 5.91 Å². The Morgan fingerprint density at radius 1 is 0.947 bits per heavy atom. The van der Waals surface area contributed by atoms with Gasteiger partial charge in [0.2, 0.25) is 5.91 Å². The van der Waals surface area contributed by atoms with Crippen LogP contribution in [-0.2, 0) is 27.3 Å². The number of amides is 2. The zero-order valence-corrected chi connectivity index (χ0v) is 21.7. The van der Waals surface area contributed by atoms with Crippen LogP contribution in [0.5, 0.6) is 0 Å². The second kappa shape index (κ2) is 13.0. The molecule has 38 heavy (non-hydrogen) atoms. The van der Waals surface area contributed by atoms with Crippen molar-refractivity contribution in [3.63, 3.8) is 0 Å². The summed E-state index contributed by atoms with van der Waals surface area (Å²) in [6.45, 7) is 1.43. The number of carbonyl (C=O) groups is 3. The van der Waals surface area contributed by atoms with E-state index in [2.05, 4.69) is 5.32 Å². The number of hydrogen-bond donors (Lipinski definition) is 6. The van der Waals surface area contributed by atoms with Gasteiger partial charge in [0.1, 0.15) is 11.7 Å². The maximum absolute atomic E-state index is 13.7. The number of Topliss-reactive ketones (excluding diaryl/α,β-unsaturated/α-hetero) is 1. The molecule has 0 aromatic heterocycles. The number of amidine groups is 2. The predicted octanol–water partition coefficient (Wildman–Crippen LogP) is 1.56. The molecule has 1 saturated carbocycles. The van der Waals surface area contributed by atoms with E-state index in [1.165, 1.54) is 11.8 Å². The van der Waals surface area contributed by atoms with E-state index in [0.717, 1.165) is 30.4 Å². The summed E-state index contributed by atoms with van der Waals surface area (Å²) in [7, 11) is 0. The van der Waals surface area contributed by atoms with E-state index < -0.39 is 29.7 Å². The molecule has 0 bridgehead atoms. The van der Waals surface area contributed by atoms with Gasteiger partial charge in [0, 0.05) is 23.7 Å². The van der Waals surface area contributed by atoms with Crippen molar-refractivity contribution in [3.8, 4) is 0 Å². The number of rotatable bonds is 11. The smallest absolute Gasteiger partial charge is 0.250 e. The third kappa shape index (κ3) is 7.25. The maximum atomic E-state index is 13.7. The van der Waals surface area contributed by atoms with Gasteiger partial charge in [-0.15, -0.1) is 0 Å². The van der Waals surface area contributed by atoms with E-state index >= 15 is 0 Å². The van der Waals surface area contributed by atoms with Crippen molar-refractivity contribution in [3.05, 3.63) is 70.8 Å². The van der Waals surface area contributed by atoms with Crippen molar-refractivity contribution in [2.45, 2.75) is 70.1 Å². The lowest BCUT2D eigenvalue weighted by Crippen LogP contribution is -2.60. The van der Waals surface area contributed by atoms with Gasteiger partial charge in [-0.2, -0.15) is 0 Å². The van der Waals surface area contributed by atoms with Crippen molar-refractivity contribution in [2.75, 3.05) is 0 Å². The minimum absolute atomic E-state index is 0.0521. The van der Waals surface area contributed by atoms with Gasteiger partial charge in [-0.3, -0.25) is 25.2 Å². The molecule has 2 amide bonds. The van der Waals surface area contributed by atoms with Gasteiger partial charge < -0.3 is 27.4 Å². The van der Waals surface area contributed by atoms with Crippen LogP contribution in [0.1, 0.15) is 61.3 Å². The average Bonchev–Trinajstić information content (AvgIpc) is 2.90. The molecule has 0 radical (unpaired) electrons. The largest absolute Gasteiger partial charge is 0.384 e. The van der Waals surface area contributed by atoms with Crippen molar-refractivity contribution in [1.29, 1.82) is 10.8 Å². The maximum Gasteiger partial charge on any atom is 0.250 e. The first-order valence-electron chi connectivity index (χ1n) is 12.8. The van der Waals surface area contributed by atoms with Crippen LogP contribution in [0.2, 0.25) is 0 Å². The van der Waals surface area contributed by atoms with Crippen LogP contribution in [-0.4, -0.2) is 52.3 Å². The van der Waals surface area contributed by atoms with Crippen LogP contribution in [0.25, 0.3) is 0 Å². The van der Waals surface area contributed by atoms with E-state index in [0.29, 0.717) is 24.0 Å². The first-order chi connectivity index (χ1) is 18.1. The molecule has 0 saturated heterocycles. The van der Waals surface area contributed by atoms with Crippen LogP contribution in [0.3, 0.4) is 0 Å². The van der Waals surface area contributed by atoms with Gasteiger partial charge in [-0.25, -0.2) is 0 Å². The van der Waals surface area contributed by atoms with Crippen LogP contribution in [0.15, 0.2) is 48.5 Å². The molecule has 1 aliphatic rings. The molecule has 2 aromatic rings. The van der Waals surface area contributed by atoms with E-state index in [1.807, 2.05) is 0 Å². The highest BCUT2D eigenvalue weighted by molar-refractivity contribution is 6.07. The highest BCUT2D eigenvalue weighted by Crippen LogP contribution is 2.26. The quantitative estimate of drug-likeness (QED) is 0.148. The molecule has 1 aliphatic carbocycles. The minimum Gasteiger partial charge on any atom is -0.384 e. The Bertz CT molecular complexity index is 1190. The molecule has 0 heterocycles. The number of nitrogens with one attached hydrogen (secondary N) is 3. The highest BCUT2D eigenvalue weighted by atomic mass is 16.2. The Balaban J connectivity index is 1.81. The van der Waals surface area contributed by atoms with E-state index in [1.54, 1.807) is 48.5 Å². The highest BCUT2D eigenvalue weighted by Gasteiger charge is 2.40. The third-order valence-corrected chi connectivity index (χ3v) is 6.88. The summed E-state index contributed by atoms with van der Waals surface area (Å²) >= 11 is 0. The topological polar surface area (TPSA) is 192 Å². The average molecular weight is 520 g/mol. The molecule has 1 unspecified atom stereocenters. The molecule has 10 nitrogen and oxygen atoms in total. The molecule has 3 rings (SSSR count). The normalized spacial score (nSPS) is 15.2. The third-order valence-electron chi connectivity index (χ3n) is 6.88. The predicted molar refractivity (Wildman–Crippen MR) is 147 cm³/mol. The summed E-state index contributed by atoms with van der Waals surface area (Å²) in [5, 5.41) is 17.9. The summed E-state index contributed by atoms with van der Waals surface area (Å²) in [4.78, 5) is 41.4. The lowest BCUT2D eigenvalue weighted by Gasteiger charge is -2.39. The summed E-state index contributed by atoms with van der Waals surface area (Å²) in [5.41, 5.74) is 20.1. The van der Waals surface area contributed by atoms with Crippen LogP contribution in [0.4, 0.5) is 0 Å². The van der Waals surface area contributed by atoms with Crippen molar-refractivity contribution >= 4 is 29.3 Å². The first-order valence-corrected chi connectivity index (χ1v) is 12.8. The zero-order valence-electron chi connectivity index (χ0n) is 21.7. The Kier molecular flexibility index (Phi) is 9.72. The SMILES string of the molecule is CC(=O)C(C(=O)NCc1cccc(C(=N)N)c1)N(C(=O)[C@@H](N)Cc1ccc(C(=N)N)cc1)C1CCCCC1. The molecular weight excluding hydrogens is 482 g/mol. The Morgan fingerprint density at radius 3 is 2.16 bits per heavy atom. The number of ketones is 1. The Hall–Kier alpha value is -4.05. The second-order valence-electron chi connectivity index (χ2n) is 9.80. The Labute approximate surface area is 223 Å². The molecule has 0 aliphatic heterocycles. The molecule has 1 fully saturated rings. The molecular formula is C28H37N7O3. The van der Waals surface area contributed by atoms with Gasteiger partial charge in [0.15, 0.2) is 11.8 Å². The van der Waals surface area contributed by atoms with Crippen LogP contribution < -0.4 is 22.5 Å². The van der Waals surface area contributed by atoms with Gasteiger partial charge in [-0.05, 0) is 43.4 Å². The lowest BCUT2D eigenvalue weighted by atomic mass is 9.91. The molecule has 2 atom stereocenters. The van der Waals surface area contributed by atoms with Gasteiger partial charge in [-0.1, -0.05) is 61.7 Å². The molecule has 0 spiro atoms. The zero-order chi connectivity index (χ0) is 27.8. The van der Waals surface area contributed by atoms with E-state index in [4.69, 9.17) is 28.0 Å². The summed E-state index contributed by atoms with van der Waals surface area (Å²) in [6, 6.07) is 11.3. The lowest BCUT2D eigenvalue weighted by molar-refractivity contribution is -0.150. The van der Waals surface area contributed by atoms with Crippen molar-refractivity contribution in [1.82, 2.24) is 10.2 Å². The molecule has 2 aromatic carbocycles. The fourth-order valence-corrected chi connectivity index (χ4v) is 4.87. The Morgan fingerprint density at radius 2 is 1.58 bits per heavy atom. The second-order valence-corrected chi connectivity index (χ2v) is 9.80. The van der Waals surface area contributed by atoms with Crippen LogP contribution in [0, 0.1) is 10.8 Å².